The predicted octanol–water partition coefficient (Wildman–Crippen LogP) is 6.86. The lowest BCUT2D eigenvalue weighted by Crippen LogP contribution is -2.22. The first kappa shape index (κ1) is 24.9. The van der Waals surface area contributed by atoms with Crippen LogP contribution in [0.15, 0.2) is 82.3 Å². The maximum Gasteiger partial charge on any atom is 0.291 e. The summed E-state index contributed by atoms with van der Waals surface area (Å²) in [4.78, 5) is 27.4. The van der Waals surface area contributed by atoms with Crippen LogP contribution < -0.4 is 10.6 Å². The number of furan rings is 1. The van der Waals surface area contributed by atoms with Gasteiger partial charge in [-0.1, -0.05) is 36.4 Å². The lowest BCUT2D eigenvalue weighted by atomic mass is 9.83. The highest BCUT2D eigenvalue weighted by Crippen LogP contribution is 2.42. The monoisotopic (exact) mass is 527 g/mol. The van der Waals surface area contributed by atoms with Crippen LogP contribution in [0.2, 0.25) is 0 Å². The van der Waals surface area contributed by atoms with Crippen molar-refractivity contribution in [2.24, 2.45) is 0 Å². The lowest BCUT2D eigenvalue weighted by Gasteiger charge is -2.22. The van der Waals surface area contributed by atoms with Crippen LogP contribution in [-0.2, 0) is 17.6 Å². The van der Waals surface area contributed by atoms with Gasteiger partial charge in [-0.05, 0) is 73.6 Å². The van der Waals surface area contributed by atoms with Crippen LogP contribution in [-0.4, -0.2) is 17.1 Å². The van der Waals surface area contributed by atoms with Crippen molar-refractivity contribution >= 4 is 45.6 Å². The molecule has 0 bridgehead atoms. The van der Waals surface area contributed by atoms with Gasteiger partial charge in [-0.2, -0.15) is 5.26 Å². The Morgan fingerprint density at radius 1 is 1.11 bits per heavy atom. The molecule has 4 aromatic rings. The maximum atomic E-state index is 13.1. The molecule has 0 fully saturated rings. The fourth-order valence-corrected chi connectivity index (χ4v) is 6.73. The highest BCUT2D eigenvalue weighted by molar-refractivity contribution is 8.00. The second kappa shape index (κ2) is 11.1. The molecule has 1 aliphatic rings. The molecule has 2 atom stereocenters. The number of nitrogens with one attached hydrogen (secondary N) is 2. The standard InChI is InChI=1S/C29H25N3O3S2/c1-18(36-22-10-5-9-21(16-22)31-28(34)25-11-6-14-35-25)27(33)32-29-24(17-30)23-13-12-20(15-26(23)37-29)19-7-3-2-4-8-19/h2-11,14,16,18,20H,12-13,15H2,1H3,(H,31,34)(H,32,33). The van der Waals surface area contributed by atoms with Gasteiger partial charge < -0.3 is 15.1 Å². The number of hydrogen-bond acceptors (Lipinski definition) is 6. The van der Waals surface area contributed by atoms with Gasteiger partial charge in [0.25, 0.3) is 5.91 Å². The summed E-state index contributed by atoms with van der Waals surface area (Å²) in [6.45, 7) is 1.83. The zero-order chi connectivity index (χ0) is 25.8. The van der Waals surface area contributed by atoms with E-state index in [1.165, 1.54) is 39.8 Å². The quantitative estimate of drug-likeness (QED) is 0.256. The molecule has 2 heterocycles. The van der Waals surface area contributed by atoms with E-state index in [2.05, 4.69) is 41.0 Å². The average molecular weight is 528 g/mol. The minimum Gasteiger partial charge on any atom is -0.459 e. The number of anilines is 2. The Labute approximate surface area is 223 Å². The maximum absolute atomic E-state index is 13.1. The Bertz CT molecular complexity index is 1460. The largest absolute Gasteiger partial charge is 0.459 e. The summed E-state index contributed by atoms with van der Waals surface area (Å²) in [6, 6.07) is 23.4. The molecule has 2 aromatic heterocycles. The van der Waals surface area contributed by atoms with Crippen LogP contribution in [0.4, 0.5) is 10.7 Å². The van der Waals surface area contributed by atoms with Crippen LogP contribution in [0.1, 0.15) is 51.4 Å². The minimum absolute atomic E-state index is 0.162. The van der Waals surface area contributed by atoms with Crippen molar-refractivity contribution in [1.29, 1.82) is 5.26 Å². The van der Waals surface area contributed by atoms with Gasteiger partial charge in [0.1, 0.15) is 11.1 Å². The van der Waals surface area contributed by atoms with Crippen molar-refractivity contribution in [2.75, 3.05) is 10.6 Å². The number of carbonyl (C=O) groups is 2. The molecule has 186 valence electrons. The van der Waals surface area contributed by atoms with Crippen LogP contribution >= 0.6 is 23.1 Å². The number of nitriles is 1. The predicted molar refractivity (Wildman–Crippen MR) is 147 cm³/mol. The molecule has 2 N–H and O–H groups in total. The summed E-state index contributed by atoms with van der Waals surface area (Å²) in [5.74, 6) is 0.160. The molecule has 0 saturated carbocycles. The summed E-state index contributed by atoms with van der Waals surface area (Å²) < 4.78 is 5.14. The average Bonchev–Trinajstić information content (AvgIpc) is 3.57. The molecular weight excluding hydrogens is 502 g/mol. The molecule has 2 aromatic carbocycles. The van der Waals surface area contributed by atoms with Crippen molar-refractivity contribution < 1.29 is 14.0 Å². The molecule has 37 heavy (non-hydrogen) atoms. The Kier molecular flexibility index (Phi) is 7.45. The van der Waals surface area contributed by atoms with E-state index < -0.39 is 5.25 Å². The number of benzene rings is 2. The third kappa shape index (κ3) is 5.63. The van der Waals surface area contributed by atoms with E-state index in [-0.39, 0.29) is 17.6 Å². The Morgan fingerprint density at radius 3 is 2.70 bits per heavy atom. The number of thiophene rings is 1. The molecule has 0 aliphatic heterocycles. The third-order valence-electron chi connectivity index (χ3n) is 6.40. The summed E-state index contributed by atoms with van der Waals surface area (Å²) in [6.07, 6.45) is 4.17. The Balaban J connectivity index is 1.24. The molecule has 6 nitrogen and oxygen atoms in total. The zero-order valence-electron chi connectivity index (χ0n) is 20.2. The van der Waals surface area contributed by atoms with Gasteiger partial charge in [0, 0.05) is 15.5 Å². The van der Waals surface area contributed by atoms with E-state index >= 15 is 0 Å². The van der Waals surface area contributed by atoms with Crippen molar-refractivity contribution in [3.05, 3.63) is 100 Å². The molecule has 8 heteroatoms. The van der Waals surface area contributed by atoms with Crippen molar-refractivity contribution in [2.45, 2.75) is 42.2 Å². The van der Waals surface area contributed by atoms with Gasteiger partial charge in [0.15, 0.2) is 5.76 Å². The number of nitrogens with zero attached hydrogens (tertiary/aromatic N) is 1. The number of carbonyl (C=O) groups excluding carboxylic acids is 2. The lowest BCUT2D eigenvalue weighted by molar-refractivity contribution is -0.115. The van der Waals surface area contributed by atoms with Crippen molar-refractivity contribution in [3.63, 3.8) is 0 Å². The van der Waals surface area contributed by atoms with E-state index in [4.69, 9.17) is 4.42 Å². The van der Waals surface area contributed by atoms with Crippen LogP contribution in [0.25, 0.3) is 0 Å². The first-order valence-corrected chi connectivity index (χ1v) is 13.7. The van der Waals surface area contributed by atoms with Gasteiger partial charge in [0.05, 0.1) is 17.1 Å². The number of rotatable bonds is 7. The Morgan fingerprint density at radius 2 is 1.95 bits per heavy atom. The van der Waals surface area contributed by atoms with Gasteiger partial charge >= 0.3 is 0 Å². The van der Waals surface area contributed by atoms with Gasteiger partial charge in [-0.25, -0.2) is 0 Å². The third-order valence-corrected chi connectivity index (χ3v) is 8.67. The van der Waals surface area contributed by atoms with Crippen molar-refractivity contribution in [3.8, 4) is 6.07 Å². The highest BCUT2D eigenvalue weighted by atomic mass is 32.2. The molecule has 0 spiro atoms. The number of thioether (sulfide) groups is 1. The van der Waals surface area contributed by atoms with Crippen molar-refractivity contribution in [1.82, 2.24) is 0 Å². The molecule has 2 amide bonds. The minimum atomic E-state index is -0.404. The topological polar surface area (TPSA) is 95.1 Å². The summed E-state index contributed by atoms with van der Waals surface area (Å²) in [7, 11) is 0. The SMILES string of the molecule is CC(Sc1cccc(NC(=O)c2ccco2)c1)C(=O)Nc1sc2c(c1C#N)CCC(c1ccccc1)C2. The molecule has 0 radical (unpaired) electrons. The second-order valence-electron chi connectivity index (χ2n) is 8.88. The molecule has 0 saturated heterocycles. The van der Waals surface area contributed by atoms with E-state index in [0.29, 0.717) is 22.2 Å². The van der Waals surface area contributed by atoms with Gasteiger partial charge in [-0.15, -0.1) is 23.1 Å². The summed E-state index contributed by atoms with van der Waals surface area (Å²) >= 11 is 2.92. The first-order valence-electron chi connectivity index (χ1n) is 12.0. The fourth-order valence-electron chi connectivity index (χ4n) is 4.52. The molecule has 2 unspecified atom stereocenters. The first-order chi connectivity index (χ1) is 18.0. The van der Waals surface area contributed by atoms with E-state index in [9.17, 15) is 14.9 Å². The van der Waals surface area contributed by atoms with Gasteiger partial charge in [-0.3, -0.25) is 9.59 Å². The van der Waals surface area contributed by atoms with E-state index in [0.717, 1.165) is 29.7 Å². The second-order valence-corrected chi connectivity index (χ2v) is 11.4. The molecule has 5 rings (SSSR count). The van der Waals surface area contributed by atoms with E-state index in [1.54, 1.807) is 18.2 Å². The van der Waals surface area contributed by atoms with Crippen LogP contribution in [0.3, 0.4) is 0 Å². The summed E-state index contributed by atoms with van der Waals surface area (Å²) in [5.41, 5.74) is 3.61. The summed E-state index contributed by atoms with van der Waals surface area (Å²) in [5, 5.41) is 15.9. The van der Waals surface area contributed by atoms with E-state index in [1.807, 2.05) is 31.2 Å². The normalized spacial score (nSPS) is 15.3. The highest BCUT2D eigenvalue weighted by Gasteiger charge is 2.28. The van der Waals surface area contributed by atoms with Crippen LogP contribution in [0.5, 0.6) is 0 Å². The Hall–Kier alpha value is -3.80. The molecular formula is C29H25N3O3S2. The zero-order valence-corrected chi connectivity index (χ0v) is 21.8. The molecule has 1 aliphatic carbocycles. The number of amides is 2. The van der Waals surface area contributed by atoms with Gasteiger partial charge in [0.2, 0.25) is 5.91 Å². The van der Waals surface area contributed by atoms with Crippen LogP contribution in [0, 0.1) is 11.3 Å². The number of hydrogen-bond donors (Lipinski definition) is 2. The fraction of sp³-hybridized carbons (Fsp3) is 0.207. The number of fused-ring (bicyclic) bond motifs is 1. The smallest absolute Gasteiger partial charge is 0.291 e.